The Kier molecular flexibility index (Phi) is 6.80. The zero-order valence-electron chi connectivity index (χ0n) is 15.4. The highest BCUT2D eigenvalue weighted by molar-refractivity contribution is 9.10. The maximum absolute atomic E-state index is 12.5. The standard InChI is InChI=1S/C20H23BrN2O3/c1-5-22-20(25)15-8-7-13(3)17(11-15)23-19(24)14(4)26-18-9-6-12(2)10-16(18)21/h6-11,14H,5H2,1-4H3,(H,22,25)(H,23,24). The summed E-state index contributed by atoms with van der Waals surface area (Å²) in [5.74, 6) is 0.149. The molecule has 0 radical (unpaired) electrons. The Morgan fingerprint density at radius 1 is 1.15 bits per heavy atom. The Morgan fingerprint density at radius 3 is 2.54 bits per heavy atom. The lowest BCUT2D eigenvalue weighted by Crippen LogP contribution is -2.30. The topological polar surface area (TPSA) is 67.4 Å². The number of amides is 2. The fraction of sp³-hybridized carbons (Fsp3) is 0.300. The van der Waals surface area contributed by atoms with Crippen molar-refractivity contribution in [2.45, 2.75) is 33.8 Å². The van der Waals surface area contributed by atoms with E-state index in [4.69, 9.17) is 4.74 Å². The number of halogens is 1. The number of carbonyl (C=O) groups is 2. The number of hydrogen-bond acceptors (Lipinski definition) is 3. The van der Waals surface area contributed by atoms with E-state index >= 15 is 0 Å². The third-order valence-corrected chi connectivity index (χ3v) is 4.48. The molecule has 0 saturated heterocycles. The Balaban J connectivity index is 2.10. The summed E-state index contributed by atoms with van der Waals surface area (Å²) in [6, 6.07) is 10.9. The van der Waals surface area contributed by atoms with Crippen LogP contribution in [0.25, 0.3) is 0 Å². The molecule has 0 aliphatic rings. The summed E-state index contributed by atoms with van der Waals surface area (Å²) in [6.07, 6.45) is -0.693. The molecule has 2 aromatic carbocycles. The van der Waals surface area contributed by atoms with Gasteiger partial charge in [0.2, 0.25) is 0 Å². The van der Waals surface area contributed by atoms with E-state index in [1.165, 1.54) is 0 Å². The molecular formula is C20H23BrN2O3. The van der Waals surface area contributed by atoms with Crippen LogP contribution in [0.2, 0.25) is 0 Å². The zero-order valence-corrected chi connectivity index (χ0v) is 16.9. The van der Waals surface area contributed by atoms with Gasteiger partial charge >= 0.3 is 0 Å². The Bertz CT molecular complexity index is 821. The van der Waals surface area contributed by atoms with Crippen LogP contribution in [-0.2, 0) is 4.79 Å². The van der Waals surface area contributed by atoms with Crippen molar-refractivity contribution < 1.29 is 14.3 Å². The van der Waals surface area contributed by atoms with Crippen molar-refractivity contribution in [3.05, 3.63) is 57.6 Å². The lowest BCUT2D eigenvalue weighted by molar-refractivity contribution is -0.122. The predicted octanol–water partition coefficient (Wildman–Crippen LogP) is 4.22. The van der Waals surface area contributed by atoms with E-state index in [9.17, 15) is 9.59 Å². The van der Waals surface area contributed by atoms with Crippen LogP contribution in [0.3, 0.4) is 0 Å². The summed E-state index contributed by atoms with van der Waals surface area (Å²) in [4.78, 5) is 24.5. The molecule has 2 aromatic rings. The molecule has 2 rings (SSSR count). The van der Waals surface area contributed by atoms with Crippen molar-refractivity contribution in [3.63, 3.8) is 0 Å². The summed E-state index contributed by atoms with van der Waals surface area (Å²) in [5.41, 5.74) is 3.06. The Labute approximate surface area is 162 Å². The van der Waals surface area contributed by atoms with Gasteiger partial charge in [0, 0.05) is 17.8 Å². The monoisotopic (exact) mass is 418 g/mol. The Hall–Kier alpha value is -2.34. The minimum Gasteiger partial charge on any atom is -0.480 e. The van der Waals surface area contributed by atoms with Gasteiger partial charge in [0.15, 0.2) is 6.10 Å². The molecule has 1 unspecified atom stereocenters. The van der Waals surface area contributed by atoms with E-state index in [1.807, 2.05) is 45.0 Å². The number of rotatable bonds is 6. The van der Waals surface area contributed by atoms with Gasteiger partial charge in [-0.15, -0.1) is 0 Å². The molecule has 0 bridgehead atoms. The van der Waals surface area contributed by atoms with Crippen LogP contribution in [0.15, 0.2) is 40.9 Å². The molecule has 0 aliphatic heterocycles. The van der Waals surface area contributed by atoms with Crippen molar-refractivity contribution in [3.8, 4) is 5.75 Å². The number of aryl methyl sites for hydroxylation is 2. The van der Waals surface area contributed by atoms with Gasteiger partial charge in [-0.2, -0.15) is 0 Å². The summed E-state index contributed by atoms with van der Waals surface area (Å²) in [5, 5.41) is 5.59. The van der Waals surface area contributed by atoms with Gasteiger partial charge in [-0.25, -0.2) is 0 Å². The normalized spacial score (nSPS) is 11.6. The van der Waals surface area contributed by atoms with E-state index < -0.39 is 6.10 Å². The van der Waals surface area contributed by atoms with Gasteiger partial charge in [0.25, 0.3) is 11.8 Å². The number of nitrogens with one attached hydrogen (secondary N) is 2. The molecule has 1 atom stereocenters. The molecule has 5 nitrogen and oxygen atoms in total. The minimum absolute atomic E-state index is 0.170. The Morgan fingerprint density at radius 2 is 1.88 bits per heavy atom. The molecule has 2 amide bonds. The molecule has 0 aliphatic carbocycles. The smallest absolute Gasteiger partial charge is 0.265 e. The minimum atomic E-state index is -0.693. The highest BCUT2D eigenvalue weighted by Crippen LogP contribution is 2.27. The predicted molar refractivity (Wildman–Crippen MR) is 107 cm³/mol. The maximum atomic E-state index is 12.5. The van der Waals surface area contributed by atoms with Crippen LogP contribution in [-0.4, -0.2) is 24.5 Å². The van der Waals surface area contributed by atoms with Gasteiger partial charge < -0.3 is 15.4 Å². The van der Waals surface area contributed by atoms with Crippen LogP contribution in [0.4, 0.5) is 5.69 Å². The van der Waals surface area contributed by atoms with Crippen molar-refractivity contribution in [2.75, 3.05) is 11.9 Å². The zero-order chi connectivity index (χ0) is 19.3. The molecule has 26 heavy (non-hydrogen) atoms. The van der Waals surface area contributed by atoms with E-state index in [1.54, 1.807) is 19.1 Å². The number of anilines is 1. The molecule has 0 spiro atoms. The number of carbonyl (C=O) groups excluding carboxylic acids is 2. The average Bonchev–Trinajstić information content (AvgIpc) is 2.59. The number of ether oxygens (including phenoxy) is 1. The lowest BCUT2D eigenvalue weighted by atomic mass is 10.1. The third kappa shape index (κ3) is 5.08. The molecule has 0 aromatic heterocycles. The molecule has 2 N–H and O–H groups in total. The van der Waals surface area contributed by atoms with Crippen LogP contribution >= 0.6 is 15.9 Å². The van der Waals surface area contributed by atoms with Gasteiger partial charge in [-0.05, 0) is 79.0 Å². The number of benzene rings is 2. The van der Waals surface area contributed by atoms with Crippen molar-refractivity contribution in [1.82, 2.24) is 5.32 Å². The van der Waals surface area contributed by atoms with Crippen LogP contribution in [0.1, 0.15) is 35.3 Å². The molecular weight excluding hydrogens is 396 g/mol. The van der Waals surface area contributed by atoms with Gasteiger partial charge in [0.1, 0.15) is 5.75 Å². The van der Waals surface area contributed by atoms with Gasteiger partial charge in [0.05, 0.1) is 4.47 Å². The van der Waals surface area contributed by atoms with E-state index in [-0.39, 0.29) is 11.8 Å². The first kappa shape index (κ1) is 20.0. The van der Waals surface area contributed by atoms with Crippen molar-refractivity contribution in [1.29, 1.82) is 0 Å². The average molecular weight is 419 g/mol. The summed E-state index contributed by atoms with van der Waals surface area (Å²) in [7, 11) is 0. The fourth-order valence-electron chi connectivity index (χ4n) is 2.34. The highest BCUT2D eigenvalue weighted by atomic mass is 79.9. The highest BCUT2D eigenvalue weighted by Gasteiger charge is 2.18. The third-order valence-electron chi connectivity index (χ3n) is 3.86. The second-order valence-corrected chi connectivity index (χ2v) is 6.93. The van der Waals surface area contributed by atoms with Crippen molar-refractivity contribution in [2.24, 2.45) is 0 Å². The lowest BCUT2D eigenvalue weighted by Gasteiger charge is -2.17. The van der Waals surface area contributed by atoms with E-state index in [0.717, 1.165) is 15.6 Å². The molecule has 0 saturated carbocycles. The van der Waals surface area contributed by atoms with Gasteiger partial charge in [-0.1, -0.05) is 12.1 Å². The number of hydrogen-bond donors (Lipinski definition) is 2. The second kappa shape index (κ2) is 8.85. The largest absolute Gasteiger partial charge is 0.480 e. The van der Waals surface area contributed by atoms with Crippen LogP contribution in [0, 0.1) is 13.8 Å². The van der Waals surface area contributed by atoms with Crippen molar-refractivity contribution >= 4 is 33.4 Å². The second-order valence-electron chi connectivity index (χ2n) is 6.07. The molecule has 6 heteroatoms. The SMILES string of the molecule is CCNC(=O)c1ccc(C)c(NC(=O)C(C)Oc2ccc(C)cc2Br)c1. The van der Waals surface area contributed by atoms with Crippen LogP contribution in [0.5, 0.6) is 5.75 Å². The first-order valence-electron chi connectivity index (χ1n) is 8.44. The molecule has 0 fully saturated rings. The van der Waals surface area contributed by atoms with Gasteiger partial charge in [-0.3, -0.25) is 9.59 Å². The maximum Gasteiger partial charge on any atom is 0.265 e. The quantitative estimate of drug-likeness (QED) is 0.737. The summed E-state index contributed by atoms with van der Waals surface area (Å²) in [6.45, 7) is 7.95. The van der Waals surface area contributed by atoms with E-state index in [2.05, 4.69) is 26.6 Å². The van der Waals surface area contributed by atoms with Crippen LogP contribution < -0.4 is 15.4 Å². The first-order valence-corrected chi connectivity index (χ1v) is 9.23. The molecule has 138 valence electrons. The molecule has 0 heterocycles. The van der Waals surface area contributed by atoms with E-state index in [0.29, 0.717) is 23.5 Å². The fourth-order valence-corrected chi connectivity index (χ4v) is 2.93. The summed E-state index contributed by atoms with van der Waals surface area (Å²) < 4.78 is 6.55. The summed E-state index contributed by atoms with van der Waals surface area (Å²) >= 11 is 3.44. The first-order chi connectivity index (χ1) is 12.3.